The summed E-state index contributed by atoms with van der Waals surface area (Å²) in [5.74, 6) is -0.776. The fraction of sp³-hybridized carbons (Fsp3) is 0.0714. The Morgan fingerprint density at radius 3 is 2.58 bits per heavy atom. The molecule has 0 atom stereocenters. The molecule has 0 bridgehead atoms. The van der Waals surface area contributed by atoms with Crippen molar-refractivity contribution in [1.29, 1.82) is 0 Å². The van der Waals surface area contributed by atoms with Crippen LogP contribution in [0.5, 0.6) is 11.5 Å². The van der Waals surface area contributed by atoms with Crippen LogP contribution in [-0.4, -0.2) is 16.1 Å². The maximum Gasteiger partial charge on any atom is 0.259 e. The van der Waals surface area contributed by atoms with Gasteiger partial charge in [-0.1, -0.05) is 0 Å². The van der Waals surface area contributed by atoms with Gasteiger partial charge in [0, 0.05) is 11.4 Å². The highest BCUT2D eigenvalue weighted by Crippen LogP contribution is 2.24. The summed E-state index contributed by atoms with van der Waals surface area (Å²) in [6.45, 7) is 1.81. The molecule has 98 valence electrons. The van der Waals surface area contributed by atoms with E-state index in [0.717, 1.165) is 5.56 Å². The van der Waals surface area contributed by atoms with E-state index in [9.17, 15) is 15.0 Å². The van der Waals surface area contributed by atoms with Crippen molar-refractivity contribution >= 4 is 17.3 Å². The van der Waals surface area contributed by atoms with Crippen molar-refractivity contribution in [3.63, 3.8) is 0 Å². The lowest BCUT2D eigenvalue weighted by Crippen LogP contribution is -2.13. The quantitative estimate of drug-likeness (QED) is 0.490. The van der Waals surface area contributed by atoms with E-state index >= 15 is 0 Å². The summed E-state index contributed by atoms with van der Waals surface area (Å²) >= 11 is 0. The molecule has 5 nitrogen and oxygen atoms in total. The Bertz CT molecular complexity index is 639. The molecule has 0 aromatic heterocycles. The largest absolute Gasteiger partial charge is 0.508 e. The number of aryl methyl sites for hydroxylation is 1. The zero-order valence-corrected chi connectivity index (χ0v) is 10.3. The number of nitrogens with two attached hydrogens (primary N) is 1. The summed E-state index contributed by atoms with van der Waals surface area (Å²) in [7, 11) is 0. The average Bonchev–Trinajstić information content (AvgIpc) is 2.35. The SMILES string of the molecule is Cc1cc(N)ccc1NC(=O)c1cc(O)ccc1O. The number of phenolic OH excluding ortho intramolecular Hbond substituents is 2. The molecule has 5 N–H and O–H groups in total. The molecule has 0 unspecified atom stereocenters. The van der Waals surface area contributed by atoms with Crippen molar-refractivity contribution in [3.05, 3.63) is 47.5 Å². The Hall–Kier alpha value is -2.69. The fourth-order valence-corrected chi connectivity index (χ4v) is 1.72. The third-order valence-electron chi connectivity index (χ3n) is 2.72. The molecule has 0 fully saturated rings. The van der Waals surface area contributed by atoms with E-state index in [2.05, 4.69) is 5.32 Å². The maximum absolute atomic E-state index is 12.0. The van der Waals surface area contributed by atoms with Crippen molar-refractivity contribution < 1.29 is 15.0 Å². The molecule has 2 aromatic carbocycles. The minimum Gasteiger partial charge on any atom is -0.508 e. The minimum atomic E-state index is -0.499. The number of hydrogen-bond donors (Lipinski definition) is 4. The van der Waals surface area contributed by atoms with Crippen LogP contribution in [-0.2, 0) is 0 Å². The van der Waals surface area contributed by atoms with Gasteiger partial charge < -0.3 is 21.3 Å². The van der Waals surface area contributed by atoms with Gasteiger partial charge in [0.25, 0.3) is 5.91 Å². The third kappa shape index (κ3) is 2.77. The Labute approximate surface area is 110 Å². The molecule has 2 rings (SSSR count). The number of phenols is 2. The van der Waals surface area contributed by atoms with E-state index < -0.39 is 5.91 Å². The van der Waals surface area contributed by atoms with Crippen LogP contribution in [0, 0.1) is 6.92 Å². The Kier molecular flexibility index (Phi) is 3.29. The van der Waals surface area contributed by atoms with Crippen molar-refractivity contribution in [2.75, 3.05) is 11.1 Å². The van der Waals surface area contributed by atoms with E-state index in [1.807, 2.05) is 6.92 Å². The van der Waals surface area contributed by atoms with Crippen LogP contribution in [0.25, 0.3) is 0 Å². The smallest absolute Gasteiger partial charge is 0.259 e. The van der Waals surface area contributed by atoms with E-state index in [1.54, 1.807) is 18.2 Å². The number of rotatable bonds is 2. The number of nitrogens with one attached hydrogen (secondary N) is 1. The van der Waals surface area contributed by atoms with Gasteiger partial charge in [0.2, 0.25) is 0 Å². The lowest BCUT2D eigenvalue weighted by Gasteiger charge is -2.10. The molecule has 2 aromatic rings. The average molecular weight is 258 g/mol. The van der Waals surface area contributed by atoms with Gasteiger partial charge >= 0.3 is 0 Å². The molecule has 5 heteroatoms. The molecule has 1 amide bonds. The molecular weight excluding hydrogens is 244 g/mol. The summed E-state index contributed by atoms with van der Waals surface area (Å²) in [4.78, 5) is 12.0. The van der Waals surface area contributed by atoms with Gasteiger partial charge in [0.1, 0.15) is 11.5 Å². The van der Waals surface area contributed by atoms with Gasteiger partial charge in [0.05, 0.1) is 5.56 Å². The first-order valence-electron chi connectivity index (χ1n) is 5.67. The number of hydrogen-bond acceptors (Lipinski definition) is 4. The fourth-order valence-electron chi connectivity index (χ4n) is 1.72. The zero-order valence-electron chi connectivity index (χ0n) is 10.3. The Balaban J connectivity index is 2.28. The van der Waals surface area contributed by atoms with Gasteiger partial charge in [-0.05, 0) is 48.9 Å². The number of carbonyl (C=O) groups is 1. The molecule has 0 aliphatic rings. The van der Waals surface area contributed by atoms with E-state index in [0.29, 0.717) is 11.4 Å². The second-order valence-electron chi connectivity index (χ2n) is 4.23. The monoisotopic (exact) mass is 258 g/mol. The lowest BCUT2D eigenvalue weighted by atomic mass is 10.1. The molecule has 0 heterocycles. The molecule has 0 radical (unpaired) electrons. The number of carbonyl (C=O) groups excluding carboxylic acids is 1. The number of nitrogen functional groups attached to an aromatic ring is 1. The van der Waals surface area contributed by atoms with Crippen LogP contribution >= 0.6 is 0 Å². The molecule has 0 aliphatic carbocycles. The molecule has 0 saturated carbocycles. The highest BCUT2D eigenvalue weighted by Gasteiger charge is 2.13. The Morgan fingerprint density at radius 2 is 1.89 bits per heavy atom. The normalized spacial score (nSPS) is 10.2. The second-order valence-corrected chi connectivity index (χ2v) is 4.23. The summed E-state index contributed by atoms with van der Waals surface area (Å²) in [5.41, 5.74) is 7.66. The summed E-state index contributed by atoms with van der Waals surface area (Å²) in [5, 5.41) is 21.6. The molecule has 19 heavy (non-hydrogen) atoms. The van der Waals surface area contributed by atoms with E-state index in [1.165, 1.54) is 18.2 Å². The van der Waals surface area contributed by atoms with E-state index in [4.69, 9.17) is 5.73 Å². The maximum atomic E-state index is 12.0. The first kappa shape index (κ1) is 12.8. The highest BCUT2D eigenvalue weighted by molar-refractivity contribution is 6.06. The van der Waals surface area contributed by atoms with Gasteiger partial charge in [-0.15, -0.1) is 0 Å². The topological polar surface area (TPSA) is 95.6 Å². The van der Waals surface area contributed by atoms with Crippen LogP contribution in [0.15, 0.2) is 36.4 Å². The van der Waals surface area contributed by atoms with Crippen molar-refractivity contribution in [2.45, 2.75) is 6.92 Å². The molecule has 0 spiro atoms. The van der Waals surface area contributed by atoms with Gasteiger partial charge in [-0.25, -0.2) is 0 Å². The molecular formula is C14H14N2O3. The first-order valence-corrected chi connectivity index (χ1v) is 5.67. The molecule has 0 aliphatic heterocycles. The number of anilines is 2. The van der Waals surface area contributed by atoms with Crippen LogP contribution in [0.1, 0.15) is 15.9 Å². The third-order valence-corrected chi connectivity index (χ3v) is 2.72. The van der Waals surface area contributed by atoms with Crippen LogP contribution < -0.4 is 11.1 Å². The standard InChI is InChI=1S/C14H14N2O3/c1-8-6-9(15)2-4-12(8)16-14(19)11-7-10(17)3-5-13(11)18/h2-7,17-18H,15H2,1H3,(H,16,19). The van der Waals surface area contributed by atoms with Gasteiger partial charge in [-0.3, -0.25) is 4.79 Å². The Morgan fingerprint density at radius 1 is 1.16 bits per heavy atom. The van der Waals surface area contributed by atoms with Crippen molar-refractivity contribution in [1.82, 2.24) is 0 Å². The summed E-state index contributed by atoms with van der Waals surface area (Å²) in [6.07, 6.45) is 0. The lowest BCUT2D eigenvalue weighted by molar-refractivity contribution is 0.102. The summed E-state index contributed by atoms with van der Waals surface area (Å²) < 4.78 is 0. The predicted molar refractivity (Wildman–Crippen MR) is 73.3 cm³/mol. The number of amides is 1. The van der Waals surface area contributed by atoms with Crippen LogP contribution in [0.4, 0.5) is 11.4 Å². The zero-order chi connectivity index (χ0) is 14.0. The van der Waals surface area contributed by atoms with Gasteiger partial charge in [-0.2, -0.15) is 0 Å². The number of aromatic hydroxyl groups is 2. The predicted octanol–water partition coefficient (Wildman–Crippen LogP) is 2.24. The minimum absolute atomic E-state index is 0.0104. The highest BCUT2D eigenvalue weighted by atomic mass is 16.3. The first-order chi connectivity index (χ1) is 8.97. The van der Waals surface area contributed by atoms with Crippen molar-refractivity contribution in [2.24, 2.45) is 0 Å². The number of benzene rings is 2. The van der Waals surface area contributed by atoms with Gasteiger partial charge in [0.15, 0.2) is 0 Å². The van der Waals surface area contributed by atoms with E-state index in [-0.39, 0.29) is 17.1 Å². The second kappa shape index (κ2) is 4.89. The van der Waals surface area contributed by atoms with Crippen molar-refractivity contribution in [3.8, 4) is 11.5 Å². The van der Waals surface area contributed by atoms with Crippen LogP contribution in [0.3, 0.4) is 0 Å². The molecule has 0 saturated heterocycles. The summed E-state index contributed by atoms with van der Waals surface area (Å²) in [6, 6.07) is 8.86. The van der Waals surface area contributed by atoms with Crippen LogP contribution in [0.2, 0.25) is 0 Å².